The highest BCUT2D eigenvalue weighted by Gasteiger charge is 2.37. The summed E-state index contributed by atoms with van der Waals surface area (Å²) in [7, 11) is 0. The highest BCUT2D eigenvalue weighted by Crippen LogP contribution is 2.34. The number of halogens is 2. The molecule has 6 heteroatoms. The molecule has 0 unspecified atom stereocenters. The Kier molecular flexibility index (Phi) is 6.28. The first-order valence-electron chi connectivity index (χ1n) is 11.2. The Morgan fingerprint density at radius 3 is 2.29 bits per heavy atom. The van der Waals surface area contributed by atoms with Gasteiger partial charge in [0, 0.05) is 39.6 Å². The van der Waals surface area contributed by atoms with Crippen molar-refractivity contribution >= 4 is 11.6 Å². The molecule has 0 bridgehead atoms. The number of anilines is 1. The van der Waals surface area contributed by atoms with Gasteiger partial charge in [0.1, 0.15) is 11.6 Å². The van der Waals surface area contributed by atoms with Gasteiger partial charge in [-0.05, 0) is 73.6 Å². The topological polar surface area (TPSA) is 35.6 Å². The van der Waals surface area contributed by atoms with Crippen molar-refractivity contribution in [2.45, 2.75) is 51.6 Å². The number of aryl methyl sites for hydroxylation is 1. The molecule has 166 valence electrons. The lowest BCUT2D eigenvalue weighted by atomic mass is 9.80. The first-order valence-corrected chi connectivity index (χ1v) is 11.2. The monoisotopic (exact) mass is 427 g/mol. The fourth-order valence-corrected chi connectivity index (χ4v) is 5.00. The van der Waals surface area contributed by atoms with Crippen LogP contribution in [0.3, 0.4) is 0 Å². The van der Waals surface area contributed by atoms with E-state index in [0.717, 1.165) is 74.2 Å². The third-order valence-corrected chi connectivity index (χ3v) is 6.77. The van der Waals surface area contributed by atoms with E-state index < -0.39 is 5.54 Å². The van der Waals surface area contributed by atoms with E-state index in [2.05, 4.69) is 22.0 Å². The zero-order chi connectivity index (χ0) is 22.0. The summed E-state index contributed by atoms with van der Waals surface area (Å²) in [6.45, 7) is 7.65. The van der Waals surface area contributed by atoms with Gasteiger partial charge in [-0.1, -0.05) is 12.1 Å². The SMILES string of the molecule is CC(=O)NC1(c2ccc(F)cc2)CCN(Cc2cc(F)c(N3CCCC3)cc2C)CC1. The van der Waals surface area contributed by atoms with Crippen LogP contribution in [-0.2, 0) is 16.9 Å². The molecule has 4 nitrogen and oxygen atoms in total. The number of nitrogens with one attached hydrogen (secondary N) is 1. The summed E-state index contributed by atoms with van der Waals surface area (Å²) in [5, 5.41) is 3.12. The van der Waals surface area contributed by atoms with Crippen molar-refractivity contribution < 1.29 is 13.6 Å². The Balaban J connectivity index is 1.47. The fourth-order valence-electron chi connectivity index (χ4n) is 5.00. The fraction of sp³-hybridized carbons (Fsp3) is 0.480. The minimum Gasteiger partial charge on any atom is -0.369 e. The largest absolute Gasteiger partial charge is 0.369 e. The van der Waals surface area contributed by atoms with E-state index in [1.54, 1.807) is 18.2 Å². The molecule has 0 radical (unpaired) electrons. The normalized spacial score (nSPS) is 18.9. The molecule has 0 saturated carbocycles. The third kappa shape index (κ3) is 4.74. The molecule has 0 aliphatic carbocycles. The van der Waals surface area contributed by atoms with Crippen LogP contribution >= 0.6 is 0 Å². The van der Waals surface area contributed by atoms with E-state index in [-0.39, 0.29) is 17.5 Å². The molecule has 2 saturated heterocycles. The second-order valence-electron chi connectivity index (χ2n) is 8.97. The summed E-state index contributed by atoms with van der Waals surface area (Å²) in [5.41, 5.74) is 3.28. The number of likely N-dealkylation sites (tertiary alicyclic amines) is 1. The molecule has 1 N–H and O–H groups in total. The van der Waals surface area contributed by atoms with Gasteiger partial charge < -0.3 is 10.2 Å². The molecule has 2 fully saturated rings. The lowest BCUT2D eigenvalue weighted by molar-refractivity contribution is -0.121. The van der Waals surface area contributed by atoms with Crippen molar-refractivity contribution in [2.24, 2.45) is 0 Å². The average Bonchev–Trinajstić information content (AvgIpc) is 3.26. The smallest absolute Gasteiger partial charge is 0.217 e. The number of nitrogens with zero attached hydrogens (tertiary/aromatic N) is 2. The van der Waals surface area contributed by atoms with E-state index in [1.807, 2.05) is 6.07 Å². The van der Waals surface area contributed by atoms with Crippen molar-refractivity contribution in [1.82, 2.24) is 10.2 Å². The maximum absolute atomic E-state index is 14.8. The van der Waals surface area contributed by atoms with E-state index >= 15 is 0 Å². The lowest BCUT2D eigenvalue weighted by Gasteiger charge is -2.43. The number of amides is 1. The minimum atomic E-state index is -0.490. The minimum absolute atomic E-state index is 0.0896. The van der Waals surface area contributed by atoms with Gasteiger partial charge >= 0.3 is 0 Å². The second-order valence-corrected chi connectivity index (χ2v) is 8.97. The van der Waals surface area contributed by atoms with E-state index in [4.69, 9.17) is 0 Å². The van der Waals surface area contributed by atoms with Crippen LogP contribution in [0.4, 0.5) is 14.5 Å². The number of rotatable bonds is 5. The standard InChI is InChI=1S/C25H31F2N3O/c1-18-15-24(30-11-3-4-12-30)23(27)16-20(18)17-29-13-9-25(10-14-29,28-19(2)31)21-5-7-22(26)8-6-21/h5-8,15-16H,3-4,9-14,17H2,1-2H3,(H,28,31). The summed E-state index contributed by atoms with van der Waals surface area (Å²) in [5.74, 6) is -0.513. The number of benzene rings is 2. The maximum Gasteiger partial charge on any atom is 0.217 e. The Morgan fingerprint density at radius 1 is 1.03 bits per heavy atom. The van der Waals surface area contributed by atoms with Gasteiger partial charge in [-0.15, -0.1) is 0 Å². The number of hydrogen-bond acceptors (Lipinski definition) is 3. The molecule has 2 aliphatic heterocycles. The molecule has 0 spiro atoms. The van der Waals surface area contributed by atoms with Gasteiger partial charge in [0.05, 0.1) is 11.2 Å². The zero-order valence-corrected chi connectivity index (χ0v) is 18.4. The molecule has 2 aliphatic rings. The van der Waals surface area contributed by atoms with Crippen LogP contribution in [0.25, 0.3) is 0 Å². The van der Waals surface area contributed by atoms with Crippen molar-refractivity contribution in [3.05, 3.63) is 64.7 Å². The summed E-state index contributed by atoms with van der Waals surface area (Å²) in [6, 6.07) is 10.1. The van der Waals surface area contributed by atoms with Crippen LogP contribution in [0.1, 0.15) is 49.3 Å². The van der Waals surface area contributed by atoms with Crippen LogP contribution in [0, 0.1) is 18.6 Å². The van der Waals surface area contributed by atoms with Crippen molar-refractivity contribution in [3.63, 3.8) is 0 Å². The predicted octanol–water partition coefficient (Wildman–Crippen LogP) is 4.50. The molecule has 2 aromatic carbocycles. The number of carbonyl (C=O) groups excluding carboxylic acids is 1. The first kappa shape index (κ1) is 21.8. The number of hydrogen-bond donors (Lipinski definition) is 1. The van der Waals surface area contributed by atoms with Gasteiger partial charge in [0.25, 0.3) is 0 Å². The summed E-state index contributed by atoms with van der Waals surface area (Å²) in [4.78, 5) is 16.4. The van der Waals surface area contributed by atoms with Crippen molar-refractivity contribution in [1.29, 1.82) is 0 Å². The quantitative estimate of drug-likeness (QED) is 0.763. The number of carbonyl (C=O) groups is 1. The molecule has 2 heterocycles. The third-order valence-electron chi connectivity index (χ3n) is 6.77. The van der Waals surface area contributed by atoms with Crippen molar-refractivity contribution in [3.8, 4) is 0 Å². The molecule has 0 aromatic heterocycles. The molecule has 31 heavy (non-hydrogen) atoms. The Bertz CT molecular complexity index is 931. The van der Waals surface area contributed by atoms with E-state index in [1.165, 1.54) is 19.1 Å². The van der Waals surface area contributed by atoms with E-state index in [9.17, 15) is 13.6 Å². The highest BCUT2D eigenvalue weighted by molar-refractivity contribution is 5.74. The van der Waals surface area contributed by atoms with Gasteiger partial charge in [0.15, 0.2) is 0 Å². The summed E-state index contributed by atoms with van der Waals surface area (Å²) in [6.07, 6.45) is 3.70. The zero-order valence-electron chi connectivity index (χ0n) is 18.4. The summed E-state index contributed by atoms with van der Waals surface area (Å²) < 4.78 is 28.2. The van der Waals surface area contributed by atoms with Crippen LogP contribution in [0.2, 0.25) is 0 Å². The van der Waals surface area contributed by atoms with Gasteiger partial charge in [-0.25, -0.2) is 8.78 Å². The Morgan fingerprint density at radius 2 is 1.68 bits per heavy atom. The predicted molar refractivity (Wildman–Crippen MR) is 119 cm³/mol. The van der Waals surface area contributed by atoms with Crippen LogP contribution in [-0.4, -0.2) is 37.0 Å². The lowest BCUT2D eigenvalue weighted by Crippen LogP contribution is -2.52. The Hall–Kier alpha value is -2.47. The van der Waals surface area contributed by atoms with Crippen molar-refractivity contribution in [2.75, 3.05) is 31.1 Å². The molecular formula is C25H31F2N3O. The van der Waals surface area contributed by atoms with Gasteiger partial charge in [-0.3, -0.25) is 9.69 Å². The van der Waals surface area contributed by atoms with Crippen LogP contribution < -0.4 is 10.2 Å². The molecule has 2 aromatic rings. The van der Waals surface area contributed by atoms with E-state index in [0.29, 0.717) is 6.54 Å². The molecule has 0 atom stereocenters. The van der Waals surface area contributed by atoms with Gasteiger partial charge in [0.2, 0.25) is 5.91 Å². The van der Waals surface area contributed by atoms with Crippen LogP contribution in [0.5, 0.6) is 0 Å². The summed E-state index contributed by atoms with van der Waals surface area (Å²) >= 11 is 0. The highest BCUT2D eigenvalue weighted by atomic mass is 19.1. The maximum atomic E-state index is 14.8. The first-order chi connectivity index (χ1) is 14.9. The molecule has 4 rings (SSSR count). The van der Waals surface area contributed by atoms with Gasteiger partial charge in [-0.2, -0.15) is 0 Å². The molecule has 1 amide bonds. The number of piperidine rings is 1. The average molecular weight is 428 g/mol. The molecular weight excluding hydrogens is 396 g/mol. The second kappa shape index (κ2) is 8.95. The Labute approximate surface area is 183 Å². The van der Waals surface area contributed by atoms with Crippen LogP contribution in [0.15, 0.2) is 36.4 Å².